The molecule has 0 bridgehead atoms. The maximum absolute atomic E-state index is 11.7. The highest BCUT2D eigenvalue weighted by atomic mass is 16.4. The van der Waals surface area contributed by atoms with Crippen LogP contribution in [0.5, 0.6) is 0 Å². The molecule has 21 heavy (non-hydrogen) atoms. The van der Waals surface area contributed by atoms with Crippen LogP contribution in [0, 0.1) is 0 Å². The van der Waals surface area contributed by atoms with Crippen molar-refractivity contribution in [2.75, 3.05) is 11.9 Å². The molecule has 0 saturated carbocycles. The van der Waals surface area contributed by atoms with Gasteiger partial charge in [-0.3, -0.25) is 0 Å². The molecule has 0 aliphatic rings. The lowest BCUT2D eigenvalue weighted by atomic mass is 10.0. The average molecular weight is 285 g/mol. The Labute approximate surface area is 124 Å². The van der Waals surface area contributed by atoms with Crippen LogP contribution >= 0.6 is 0 Å². The molecule has 1 aromatic carbocycles. The molecule has 1 heterocycles. The van der Waals surface area contributed by atoms with Crippen molar-refractivity contribution in [2.24, 2.45) is 0 Å². The minimum Gasteiger partial charge on any atom is -0.478 e. The molecule has 5 nitrogen and oxygen atoms in total. The Morgan fingerprint density at radius 1 is 1.14 bits per heavy atom. The van der Waals surface area contributed by atoms with Crippen molar-refractivity contribution < 1.29 is 9.90 Å². The third-order valence-electron chi connectivity index (χ3n) is 3.50. The van der Waals surface area contributed by atoms with E-state index in [1.165, 1.54) is 0 Å². The maximum Gasteiger partial charge on any atom is 0.339 e. The van der Waals surface area contributed by atoms with Crippen molar-refractivity contribution in [3.8, 4) is 0 Å². The first-order valence-electron chi connectivity index (χ1n) is 7.00. The van der Waals surface area contributed by atoms with Gasteiger partial charge in [0.05, 0.1) is 5.69 Å². The molecule has 0 atom stereocenters. The van der Waals surface area contributed by atoms with Crippen LogP contribution in [0.15, 0.2) is 30.3 Å². The van der Waals surface area contributed by atoms with Crippen LogP contribution in [0.3, 0.4) is 0 Å². The van der Waals surface area contributed by atoms with E-state index < -0.39 is 5.97 Å². The third-order valence-corrected chi connectivity index (χ3v) is 3.50. The van der Waals surface area contributed by atoms with Gasteiger partial charge in [-0.1, -0.05) is 32.0 Å². The van der Waals surface area contributed by atoms with Crippen molar-refractivity contribution in [1.82, 2.24) is 10.2 Å². The van der Waals surface area contributed by atoms with Crippen LogP contribution in [0.1, 0.15) is 35.5 Å². The van der Waals surface area contributed by atoms with Gasteiger partial charge in [-0.15, -0.1) is 5.10 Å². The van der Waals surface area contributed by atoms with E-state index in [0.717, 1.165) is 16.9 Å². The van der Waals surface area contributed by atoms with E-state index >= 15 is 0 Å². The van der Waals surface area contributed by atoms with E-state index in [9.17, 15) is 9.90 Å². The summed E-state index contributed by atoms with van der Waals surface area (Å²) in [6, 6.07) is 9.54. The number of carboxylic acid groups (broad SMARTS) is 1. The summed E-state index contributed by atoms with van der Waals surface area (Å²) in [5.74, 6) is -0.586. The monoisotopic (exact) mass is 285 g/mol. The largest absolute Gasteiger partial charge is 0.478 e. The zero-order chi connectivity index (χ0) is 15.4. The normalized spacial score (nSPS) is 10.4. The van der Waals surface area contributed by atoms with Gasteiger partial charge in [0.1, 0.15) is 5.56 Å². The Hall–Kier alpha value is -2.43. The van der Waals surface area contributed by atoms with E-state index in [-0.39, 0.29) is 5.56 Å². The van der Waals surface area contributed by atoms with Crippen LogP contribution in [-0.2, 0) is 12.8 Å². The molecule has 0 fully saturated rings. The first-order chi connectivity index (χ1) is 10.1. The standard InChI is InChI=1S/C16H19N3O2/c1-4-12-13(5-2)17-18-15(14(12)16(20)21)19(3)11-9-7-6-8-10-11/h6-10H,4-5H2,1-3H3,(H,20,21). The molecule has 110 valence electrons. The Morgan fingerprint density at radius 2 is 1.81 bits per heavy atom. The van der Waals surface area contributed by atoms with Gasteiger partial charge in [-0.05, 0) is 30.5 Å². The van der Waals surface area contributed by atoms with Gasteiger partial charge in [0.15, 0.2) is 5.82 Å². The van der Waals surface area contributed by atoms with Crippen LogP contribution in [0.2, 0.25) is 0 Å². The molecule has 0 radical (unpaired) electrons. The topological polar surface area (TPSA) is 66.3 Å². The first-order valence-corrected chi connectivity index (χ1v) is 7.00. The van der Waals surface area contributed by atoms with Gasteiger partial charge >= 0.3 is 5.97 Å². The van der Waals surface area contributed by atoms with Gasteiger partial charge in [0.25, 0.3) is 0 Å². The molecule has 1 aromatic heterocycles. The predicted molar refractivity (Wildman–Crippen MR) is 82.3 cm³/mol. The summed E-state index contributed by atoms with van der Waals surface area (Å²) in [5.41, 5.74) is 2.63. The van der Waals surface area contributed by atoms with Gasteiger partial charge in [0, 0.05) is 12.7 Å². The highest BCUT2D eigenvalue weighted by Gasteiger charge is 2.23. The van der Waals surface area contributed by atoms with Crippen LogP contribution in [-0.4, -0.2) is 28.3 Å². The second-order valence-corrected chi connectivity index (χ2v) is 4.73. The summed E-state index contributed by atoms with van der Waals surface area (Å²) in [5, 5.41) is 18.0. The molecule has 0 spiro atoms. The summed E-state index contributed by atoms with van der Waals surface area (Å²) in [6.45, 7) is 3.89. The van der Waals surface area contributed by atoms with E-state index in [4.69, 9.17) is 0 Å². The molecule has 2 rings (SSSR count). The minimum atomic E-state index is -0.964. The zero-order valence-electron chi connectivity index (χ0n) is 12.5. The molecule has 0 unspecified atom stereocenters. The number of hydrogen-bond acceptors (Lipinski definition) is 4. The molecule has 0 aliphatic carbocycles. The zero-order valence-corrected chi connectivity index (χ0v) is 12.5. The van der Waals surface area contributed by atoms with Crippen LogP contribution in [0.4, 0.5) is 11.5 Å². The molecular weight excluding hydrogens is 266 g/mol. The highest BCUT2D eigenvalue weighted by molar-refractivity contribution is 5.96. The Balaban J connectivity index is 2.61. The minimum absolute atomic E-state index is 0.246. The van der Waals surface area contributed by atoms with Crippen molar-refractivity contribution in [1.29, 1.82) is 0 Å². The first kappa shape index (κ1) is 15.0. The third kappa shape index (κ3) is 2.86. The molecule has 1 N–H and O–H groups in total. The van der Waals surface area contributed by atoms with Gasteiger partial charge in [0.2, 0.25) is 0 Å². The molecule has 0 aliphatic heterocycles. The van der Waals surface area contributed by atoms with E-state index in [1.807, 2.05) is 44.2 Å². The van der Waals surface area contributed by atoms with E-state index in [2.05, 4.69) is 10.2 Å². The number of aryl methyl sites for hydroxylation is 1. The number of aromatic carboxylic acids is 1. The number of anilines is 2. The highest BCUT2D eigenvalue weighted by Crippen LogP contribution is 2.28. The number of hydrogen-bond donors (Lipinski definition) is 1. The molecule has 0 saturated heterocycles. The lowest BCUT2D eigenvalue weighted by Gasteiger charge is -2.21. The second-order valence-electron chi connectivity index (χ2n) is 4.73. The Morgan fingerprint density at radius 3 is 2.33 bits per heavy atom. The number of benzene rings is 1. The Kier molecular flexibility index (Phi) is 4.52. The fraction of sp³-hybridized carbons (Fsp3) is 0.312. The average Bonchev–Trinajstić information content (AvgIpc) is 2.53. The number of carboxylic acids is 1. The smallest absolute Gasteiger partial charge is 0.339 e. The SMILES string of the molecule is CCc1nnc(N(C)c2ccccc2)c(C(=O)O)c1CC. The predicted octanol–water partition coefficient (Wildman–Crippen LogP) is 3.07. The second kappa shape index (κ2) is 6.35. The maximum atomic E-state index is 11.7. The lowest BCUT2D eigenvalue weighted by Crippen LogP contribution is -2.20. The molecule has 0 amide bonds. The number of rotatable bonds is 5. The van der Waals surface area contributed by atoms with Crippen LogP contribution < -0.4 is 4.90 Å². The molecular formula is C16H19N3O2. The van der Waals surface area contributed by atoms with Crippen molar-refractivity contribution >= 4 is 17.5 Å². The molecule has 2 aromatic rings. The van der Waals surface area contributed by atoms with Crippen LogP contribution in [0.25, 0.3) is 0 Å². The van der Waals surface area contributed by atoms with Gasteiger partial charge in [-0.25, -0.2) is 4.79 Å². The van der Waals surface area contributed by atoms with Gasteiger partial charge < -0.3 is 10.0 Å². The van der Waals surface area contributed by atoms with Crippen molar-refractivity contribution in [3.63, 3.8) is 0 Å². The number of carbonyl (C=O) groups is 1. The quantitative estimate of drug-likeness (QED) is 0.914. The lowest BCUT2D eigenvalue weighted by molar-refractivity contribution is 0.0695. The number of para-hydroxylation sites is 1. The number of aromatic nitrogens is 2. The summed E-state index contributed by atoms with van der Waals surface area (Å²) in [7, 11) is 1.80. The fourth-order valence-electron chi connectivity index (χ4n) is 2.40. The summed E-state index contributed by atoms with van der Waals surface area (Å²) < 4.78 is 0. The van der Waals surface area contributed by atoms with Gasteiger partial charge in [-0.2, -0.15) is 5.10 Å². The summed E-state index contributed by atoms with van der Waals surface area (Å²) >= 11 is 0. The number of nitrogens with zero attached hydrogens (tertiary/aromatic N) is 3. The van der Waals surface area contributed by atoms with Crippen molar-refractivity contribution in [2.45, 2.75) is 26.7 Å². The molecule has 5 heteroatoms. The van der Waals surface area contributed by atoms with Crippen molar-refractivity contribution in [3.05, 3.63) is 47.2 Å². The van der Waals surface area contributed by atoms with E-state index in [1.54, 1.807) is 11.9 Å². The fourth-order valence-corrected chi connectivity index (χ4v) is 2.40. The summed E-state index contributed by atoms with van der Waals surface area (Å²) in [6.07, 6.45) is 1.29. The van der Waals surface area contributed by atoms with E-state index in [0.29, 0.717) is 18.7 Å². The Bertz CT molecular complexity index is 641. The summed E-state index contributed by atoms with van der Waals surface area (Å²) in [4.78, 5) is 13.5.